The number of halogens is 3. The van der Waals surface area contributed by atoms with Crippen LogP contribution in [0.15, 0.2) is 47.6 Å². The first-order valence-electron chi connectivity index (χ1n) is 7.88. The highest BCUT2D eigenvalue weighted by Crippen LogP contribution is 2.21. The summed E-state index contributed by atoms with van der Waals surface area (Å²) in [6.45, 7) is -0.0920. The topological polar surface area (TPSA) is 95.1 Å². The Hall–Kier alpha value is -2.85. The SMILES string of the molecule is Nn1c(COc2ccccc2F)nnc1SCC(=O)Nc1ccc(F)c(Cl)c1. The van der Waals surface area contributed by atoms with Gasteiger partial charge in [0.1, 0.15) is 12.4 Å². The van der Waals surface area contributed by atoms with Crippen LogP contribution in [0.25, 0.3) is 0 Å². The summed E-state index contributed by atoms with van der Waals surface area (Å²) in [5, 5.41) is 10.5. The van der Waals surface area contributed by atoms with Crippen LogP contribution in [0.4, 0.5) is 14.5 Å². The maximum atomic E-state index is 13.6. The van der Waals surface area contributed by atoms with Gasteiger partial charge in [-0.15, -0.1) is 10.2 Å². The summed E-state index contributed by atoms with van der Waals surface area (Å²) in [5.41, 5.74) is 0.366. The molecule has 0 spiro atoms. The number of para-hydroxylation sites is 1. The summed E-state index contributed by atoms with van der Waals surface area (Å²) in [7, 11) is 0. The van der Waals surface area contributed by atoms with E-state index in [0.29, 0.717) is 5.69 Å². The fourth-order valence-corrected chi connectivity index (χ4v) is 2.97. The Morgan fingerprint density at radius 2 is 2.00 bits per heavy atom. The van der Waals surface area contributed by atoms with Gasteiger partial charge in [-0.1, -0.05) is 35.5 Å². The van der Waals surface area contributed by atoms with Crippen LogP contribution in [-0.4, -0.2) is 26.5 Å². The summed E-state index contributed by atoms with van der Waals surface area (Å²) in [6.07, 6.45) is 0. The predicted octanol–water partition coefficient (Wildman–Crippen LogP) is 3.23. The normalized spacial score (nSPS) is 10.7. The molecule has 0 saturated heterocycles. The van der Waals surface area contributed by atoms with Crippen LogP contribution in [0.3, 0.4) is 0 Å². The predicted molar refractivity (Wildman–Crippen MR) is 102 cm³/mol. The van der Waals surface area contributed by atoms with Crippen LogP contribution in [0.2, 0.25) is 5.02 Å². The van der Waals surface area contributed by atoms with Gasteiger partial charge in [-0.25, -0.2) is 13.5 Å². The summed E-state index contributed by atoms with van der Waals surface area (Å²) in [5.74, 6) is 4.76. The quantitative estimate of drug-likeness (QED) is 0.445. The van der Waals surface area contributed by atoms with E-state index in [1.807, 2.05) is 0 Å². The van der Waals surface area contributed by atoms with Crippen molar-refractivity contribution in [2.45, 2.75) is 11.8 Å². The summed E-state index contributed by atoms with van der Waals surface area (Å²) < 4.78 is 33.2. The van der Waals surface area contributed by atoms with E-state index < -0.39 is 11.6 Å². The van der Waals surface area contributed by atoms with Crippen molar-refractivity contribution in [1.29, 1.82) is 0 Å². The molecule has 0 atom stereocenters. The molecule has 3 N–H and O–H groups in total. The Balaban J connectivity index is 1.54. The molecule has 0 aliphatic carbocycles. The van der Waals surface area contributed by atoms with E-state index in [9.17, 15) is 13.6 Å². The summed E-state index contributed by atoms with van der Waals surface area (Å²) in [6, 6.07) is 9.80. The van der Waals surface area contributed by atoms with Crippen molar-refractivity contribution in [3.05, 3.63) is 64.9 Å². The molecule has 1 aromatic heterocycles. The van der Waals surface area contributed by atoms with Gasteiger partial charge in [-0.3, -0.25) is 4.79 Å². The van der Waals surface area contributed by atoms with Crippen molar-refractivity contribution < 1.29 is 18.3 Å². The zero-order valence-electron chi connectivity index (χ0n) is 14.2. The number of benzene rings is 2. The van der Waals surface area contributed by atoms with E-state index in [1.165, 1.54) is 24.3 Å². The molecule has 0 aliphatic rings. The third-order valence-corrected chi connectivity index (χ3v) is 4.70. The fraction of sp³-hybridized carbons (Fsp3) is 0.118. The highest BCUT2D eigenvalue weighted by molar-refractivity contribution is 7.99. The zero-order valence-corrected chi connectivity index (χ0v) is 15.8. The lowest BCUT2D eigenvalue weighted by Crippen LogP contribution is -2.18. The number of amides is 1. The molecule has 1 amide bonds. The number of nitrogen functional groups attached to an aromatic ring is 1. The Bertz CT molecular complexity index is 1000. The van der Waals surface area contributed by atoms with Crippen molar-refractivity contribution in [3.8, 4) is 5.75 Å². The number of rotatable bonds is 7. The van der Waals surface area contributed by atoms with Gasteiger partial charge in [0.15, 0.2) is 17.4 Å². The average molecular weight is 426 g/mol. The molecule has 3 rings (SSSR count). The van der Waals surface area contributed by atoms with E-state index in [0.717, 1.165) is 22.5 Å². The van der Waals surface area contributed by atoms with Gasteiger partial charge < -0.3 is 15.9 Å². The number of nitrogens with two attached hydrogens (primary N) is 1. The number of carbonyl (C=O) groups is 1. The van der Waals surface area contributed by atoms with E-state index in [-0.39, 0.29) is 40.0 Å². The Labute approximate surface area is 167 Å². The van der Waals surface area contributed by atoms with Gasteiger partial charge in [0.2, 0.25) is 11.1 Å². The second-order valence-electron chi connectivity index (χ2n) is 5.45. The van der Waals surface area contributed by atoms with Crippen LogP contribution >= 0.6 is 23.4 Å². The van der Waals surface area contributed by atoms with E-state index in [4.69, 9.17) is 22.2 Å². The minimum absolute atomic E-state index is 0.0154. The monoisotopic (exact) mass is 425 g/mol. The molecule has 1 heterocycles. The van der Waals surface area contributed by atoms with Crippen molar-refractivity contribution in [2.24, 2.45) is 0 Å². The lowest BCUT2D eigenvalue weighted by molar-refractivity contribution is -0.113. The van der Waals surface area contributed by atoms with Crippen molar-refractivity contribution in [2.75, 3.05) is 16.9 Å². The lowest BCUT2D eigenvalue weighted by Gasteiger charge is -2.07. The fourth-order valence-electron chi connectivity index (χ4n) is 2.11. The third kappa shape index (κ3) is 4.90. The molecule has 0 radical (unpaired) electrons. The molecular formula is C17H14ClF2N5O2S. The molecule has 11 heteroatoms. The van der Waals surface area contributed by atoms with Crippen molar-refractivity contribution in [3.63, 3.8) is 0 Å². The van der Waals surface area contributed by atoms with Gasteiger partial charge in [-0.05, 0) is 30.3 Å². The molecule has 0 saturated carbocycles. The van der Waals surface area contributed by atoms with Crippen LogP contribution in [0.1, 0.15) is 5.82 Å². The smallest absolute Gasteiger partial charge is 0.234 e. The minimum atomic E-state index is -0.574. The standard InChI is InChI=1S/C17H14ClF2N5O2S/c18-11-7-10(5-6-12(11)19)22-16(26)9-28-17-24-23-15(25(17)21)8-27-14-4-2-1-3-13(14)20/h1-7H,8-9,21H2,(H,22,26). The number of nitrogens with one attached hydrogen (secondary N) is 1. The van der Waals surface area contributed by atoms with Crippen LogP contribution in [0, 0.1) is 11.6 Å². The van der Waals surface area contributed by atoms with Gasteiger partial charge in [-0.2, -0.15) is 0 Å². The van der Waals surface area contributed by atoms with Gasteiger partial charge in [0.25, 0.3) is 0 Å². The molecule has 146 valence electrons. The first-order valence-corrected chi connectivity index (χ1v) is 9.25. The number of nitrogens with zero attached hydrogens (tertiary/aromatic N) is 3. The van der Waals surface area contributed by atoms with Crippen LogP contribution in [0.5, 0.6) is 5.75 Å². The summed E-state index contributed by atoms with van der Waals surface area (Å²) >= 11 is 6.72. The van der Waals surface area contributed by atoms with Gasteiger partial charge in [0, 0.05) is 5.69 Å². The summed E-state index contributed by atoms with van der Waals surface area (Å²) in [4.78, 5) is 12.0. The highest BCUT2D eigenvalue weighted by atomic mass is 35.5. The number of thioether (sulfide) groups is 1. The molecule has 0 aliphatic heterocycles. The third-order valence-electron chi connectivity index (χ3n) is 3.46. The molecule has 0 bridgehead atoms. The maximum absolute atomic E-state index is 13.6. The first kappa shape index (κ1) is 19.9. The van der Waals surface area contributed by atoms with Gasteiger partial charge >= 0.3 is 0 Å². The highest BCUT2D eigenvalue weighted by Gasteiger charge is 2.14. The molecule has 0 unspecified atom stereocenters. The van der Waals surface area contributed by atoms with Gasteiger partial charge in [0.05, 0.1) is 10.8 Å². The molecular weight excluding hydrogens is 412 g/mol. The number of hydrogen-bond donors (Lipinski definition) is 2. The molecule has 2 aromatic carbocycles. The van der Waals surface area contributed by atoms with E-state index in [1.54, 1.807) is 12.1 Å². The second-order valence-corrected chi connectivity index (χ2v) is 6.80. The average Bonchev–Trinajstić information content (AvgIpc) is 3.02. The Morgan fingerprint density at radius 1 is 1.21 bits per heavy atom. The number of ether oxygens (including phenoxy) is 1. The van der Waals surface area contributed by atoms with Crippen LogP contribution < -0.4 is 15.9 Å². The van der Waals surface area contributed by atoms with E-state index >= 15 is 0 Å². The first-order chi connectivity index (χ1) is 13.4. The minimum Gasteiger partial charge on any atom is -0.482 e. The number of carbonyl (C=O) groups excluding carboxylic acids is 1. The molecule has 28 heavy (non-hydrogen) atoms. The maximum Gasteiger partial charge on any atom is 0.234 e. The molecule has 3 aromatic rings. The zero-order chi connectivity index (χ0) is 20.1. The largest absolute Gasteiger partial charge is 0.482 e. The number of aromatic nitrogens is 3. The number of anilines is 1. The number of hydrogen-bond acceptors (Lipinski definition) is 6. The molecule has 7 nitrogen and oxygen atoms in total. The van der Waals surface area contributed by atoms with E-state index in [2.05, 4.69) is 15.5 Å². The van der Waals surface area contributed by atoms with Crippen molar-refractivity contribution >= 4 is 35.0 Å². The lowest BCUT2D eigenvalue weighted by atomic mass is 10.3. The second kappa shape index (κ2) is 8.89. The van der Waals surface area contributed by atoms with Crippen LogP contribution in [-0.2, 0) is 11.4 Å². The molecule has 0 fully saturated rings. The van der Waals surface area contributed by atoms with Crippen molar-refractivity contribution in [1.82, 2.24) is 14.9 Å². The Kier molecular flexibility index (Phi) is 6.32. The Morgan fingerprint density at radius 3 is 2.75 bits per heavy atom.